The van der Waals surface area contributed by atoms with Gasteiger partial charge in [-0.3, -0.25) is 9.59 Å². The maximum atomic E-state index is 13.1. The van der Waals surface area contributed by atoms with Gasteiger partial charge < -0.3 is 10.1 Å². The fourth-order valence-electron chi connectivity index (χ4n) is 3.22. The number of carbonyl (C=O) groups is 1. The van der Waals surface area contributed by atoms with Crippen molar-refractivity contribution in [2.75, 3.05) is 13.2 Å². The van der Waals surface area contributed by atoms with Crippen molar-refractivity contribution in [1.29, 1.82) is 0 Å². The maximum absolute atomic E-state index is 13.1. The summed E-state index contributed by atoms with van der Waals surface area (Å²) >= 11 is 0. The number of hydrogen-bond acceptors (Lipinski definition) is 4. The quantitative estimate of drug-likeness (QED) is 0.505. The summed E-state index contributed by atoms with van der Waals surface area (Å²) in [6.45, 7) is 4.10. The summed E-state index contributed by atoms with van der Waals surface area (Å²) in [5.74, 6) is -0.697. The molecule has 2 aromatic carbocycles. The van der Waals surface area contributed by atoms with Crippen molar-refractivity contribution >= 4 is 5.91 Å². The van der Waals surface area contributed by atoms with Crippen molar-refractivity contribution in [2.24, 2.45) is 0 Å². The van der Waals surface area contributed by atoms with E-state index in [2.05, 4.69) is 10.4 Å². The van der Waals surface area contributed by atoms with Gasteiger partial charge in [-0.25, -0.2) is 4.68 Å². The van der Waals surface area contributed by atoms with Crippen LogP contribution in [0, 0.1) is 6.92 Å². The van der Waals surface area contributed by atoms with Gasteiger partial charge in [0.2, 0.25) is 5.43 Å². The molecule has 1 heterocycles. The molecule has 6 nitrogen and oxygen atoms in total. The summed E-state index contributed by atoms with van der Waals surface area (Å²) in [6, 6.07) is 15.4. The van der Waals surface area contributed by atoms with Crippen molar-refractivity contribution in [3.8, 4) is 5.69 Å². The Kier molecular flexibility index (Phi) is 7.65. The zero-order valence-electron chi connectivity index (χ0n) is 18.2. The van der Waals surface area contributed by atoms with Crippen LogP contribution in [0.1, 0.15) is 46.8 Å². The number of aryl methyl sites for hydroxylation is 1. The van der Waals surface area contributed by atoms with Crippen LogP contribution in [0.3, 0.4) is 0 Å². The van der Waals surface area contributed by atoms with Crippen molar-refractivity contribution in [3.05, 3.63) is 93.4 Å². The fourth-order valence-corrected chi connectivity index (χ4v) is 3.22. The molecule has 0 aliphatic carbocycles. The van der Waals surface area contributed by atoms with Crippen molar-refractivity contribution in [1.82, 2.24) is 15.1 Å². The Hall–Kier alpha value is -3.46. The summed E-state index contributed by atoms with van der Waals surface area (Å²) < 4.78 is 46.0. The van der Waals surface area contributed by atoms with Crippen LogP contribution in [-0.4, -0.2) is 28.8 Å². The van der Waals surface area contributed by atoms with Gasteiger partial charge in [0.1, 0.15) is 0 Å². The minimum Gasteiger partial charge on any atom is -0.374 e. The van der Waals surface area contributed by atoms with E-state index in [9.17, 15) is 22.8 Å². The van der Waals surface area contributed by atoms with Gasteiger partial charge >= 0.3 is 6.18 Å². The van der Waals surface area contributed by atoms with E-state index < -0.39 is 28.8 Å². The van der Waals surface area contributed by atoms with Crippen molar-refractivity contribution < 1.29 is 22.7 Å². The van der Waals surface area contributed by atoms with Gasteiger partial charge in [-0.1, -0.05) is 36.4 Å². The fraction of sp³-hybridized carbons (Fsp3) is 0.292. The number of benzene rings is 2. The lowest BCUT2D eigenvalue weighted by molar-refractivity contribution is -0.137. The monoisotopic (exact) mass is 459 g/mol. The van der Waals surface area contributed by atoms with Crippen LogP contribution in [0.5, 0.6) is 0 Å². The lowest BCUT2D eigenvalue weighted by atomic mass is 10.1. The third-order valence-electron chi connectivity index (χ3n) is 4.98. The summed E-state index contributed by atoms with van der Waals surface area (Å²) in [6.07, 6.45) is -4.11. The molecular formula is C24H24F3N3O3. The molecule has 0 aliphatic heterocycles. The van der Waals surface area contributed by atoms with E-state index >= 15 is 0 Å². The number of nitrogens with one attached hydrogen (secondary N) is 1. The Labute approximate surface area is 189 Å². The maximum Gasteiger partial charge on any atom is 0.416 e. The highest BCUT2D eigenvalue weighted by atomic mass is 19.4. The standard InChI is InChI=1S/C24H24F3N3O3/c1-16-14-21(31)22(29-30(16)20-11-6-10-19(15-20)24(25,26)27)23(32)28-12-7-13-33-17(2)18-8-4-3-5-9-18/h3-6,8-11,14-15,17H,7,12-13H2,1-2H3,(H,28,32). The Balaban J connectivity index is 1.63. The molecule has 9 heteroatoms. The number of alkyl halides is 3. The Morgan fingerprint density at radius 2 is 1.85 bits per heavy atom. The lowest BCUT2D eigenvalue weighted by Crippen LogP contribution is -2.33. The Morgan fingerprint density at radius 1 is 1.12 bits per heavy atom. The predicted molar refractivity (Wildman–Crippen MR) is 117 cm³/mol. The van der Waals surface area contributed by atoms with Crippen LogP contribution in [0.25, 0.3) is 5.69 Å². The number of nitrogens with zero attached hydrogens (tertiary/aromatic N) is 2. The van der Waals surface area contributed by atoms with Crippen molar-refractivity contribution in [3.63, 3.8) is 0 Å². The van der Waals surface area contributed by atoms with Crippen LogP contribution in [0.2, 0.25) is 0 Å². The smallest absolute Gasteiger partial charge is 0.374 e. The first-order valence-electron chi connectivity index (χ1n) is 10.4. The van der Waals surface area contributed by atoms with E-state index in [0.717, 1.165) is 22.4 Å². The molecule has 3 rings (SSSR count). The summed E-state index contributed by atoms with van der Waals surface area (Å²) in [4.78, 5) is 24.8. The minimum absolute atomic E-state index is 0.0969. The highest BCUT2D eigenvalue weighted by molar-refractivity contribution is 5.92. The molecule has 0 fully saturated rings. The van der Waals surface area contributed by atoms with E-state index in [-0.39, 0.29) is 18.3 Å². The second kappa shape index (κ2) is 10.4. The van der Waals surface area contributed by atoms with Crippen LogP contribution in [-0.2, 0) is 10.9 Å². The number of carbonyl (C=O) groups excluding carboxylic acids is 1. The molecule has 0 aliphatic rings. The third-order valence-corrected chi connectivity index (χ3v) is 4.98. The van der Waals surface area contributed by atoms with E-state index in [1.54, 1.807) is 0 Å². The molecule has 0 saturated carbocycles. The molecule has 3 aromatic rings. The largest absolute Gasteiger partial charge is 0.416 e. The molecule has 1 N–H and O–H groups in total. The average Bonchev–Trinajstić information content (AvgIpc) is 2.78. The summed E-state index contributed by atoms with van der Waals surface area (Å²) in [5, 5.41) is 6.64. The molecule has 0 saturated heterocycles. The van der Waals surface area contributed by atoms with Crippen LogP contribution >= 0.6 is 0 Å². The topological polar surface area (TPSA) is 73.2 Å². The number of hydrogen-bond donors (Lipinski definition) is 1. The van der Waals surface area contributed by atoms with Gasteiger partial charge in [-0.15, -0.1) is 0 Å². The SMILES string of the molecule is Cc1cc(=O)c(C(=O)NCCCOC(C)c2ccccc2)nn1-c1cccc(C(F)(F)F)c1. The number of halogens is 3. The molecule has 0 radical (unpaired) electrons. The lowest BCUT2D eigenvalue weighted by Gasteiger charge is -2.14. The molecular weight excluding hydrogens is 435 g/mol. The third kappa shape index (κ3) is 6.29. The first-order chi connectivity index (χ1) is 15.7. The first kappa shape index (κ1) is 24.2. The zero-order valence-corrected chi connectivity index (χ0v) is 18.2. The highest BCUT2D eigenvalue weighted by Gasteiger charge is 2.30. The normalized spacial score (nSPS) is 12.4. The van der Waals surface area contributed by atoms with Gasteiger partial charge in [0.15, 0.2) is 5.69 Å². The van der Waals surface area contributed by atoms with Crippen LogP contribution < -0.4 is 10.7 Å². The zero-order chi connectivity index (χ0) is 24.0. The average molecular weight is 459 g/mol. The number of rotatable bonds is 8. The van der Waals surface area contributed by atoms with Gasteiger partial charge in [0.25, 0.3) is 5.91 Å². The molecule has 0 spiro atoms. The second-order valence-electron chi connectivity index (χ2n) is 7.49. The molecule has 1 atom stereocenters. The molecule has 1 amide bonds. The van der Waals surface area contributed by atoms with E-state index in [4.69, 9.17) is 4.74 Å². The van der Waals surface area contributed by atoms with Crippen LogP contribution in [0.4, 0.5) is 13.2 Å². The van der Waals surface area contributed by atoms with E-state index in [1.165, 1.54) is 25.1 Å². The molecule has 1 unspecified atom stereocenters. The Morgan fingerprint density at radius 3 is 2.55 bits per heavy atom. The van der Waals surface area contributed by atoms with E-state index in [1.807, 2.05) is 37.3 Å². The van der Waals surface area contributed by atoms with Crippen molar-refractivity contribution in [2.45, 2.75) is 32.5 Å². The highest BCUT2D eigenvalue weighted by Crippen LogP contribution is 2.30. The second-order valence-corrected chi connectivity index (χ2v) is 7.49. The van der Waals surface area contributed by atoms with Gasteiger partial charge in [-0.05, 0) is 44.0 Å². The molecule has 174 valence electrons. The Bertz CT molecular complexity index is 1160. The molecule has 0 bridgehead atoms. The van der Waals surface area contributed by atoms with Gasteiger partial charge in [-0.2, -0.15) is 18.3 Å². The molecule has 1 aromatic heterocycles. The minimum atomic E-state index is -4.52. The number of aromatic nitrogens is 2. The van der Waals surface area contributed by atoms with Crippen LogP contribution in [0.15, 0.2) is 65.5 Å². The summed E-state index contributed by atoms with van der Waals surface area (Å²) in [7, 11) is 0. The first-order valence-corrected chi connectivity index (χ1v) is 10.4. The van der Waals surface area contributed by atoms with E-state index in [0.29, 0.717) is 18.7 Å². The molecule has 33 heavy (non-hydrogen) atoms. The van der Waals surface area contributed by atoms with Gasteiger partial charge in [0, 0.05) is 24.9 Å². The number of ether oxygens (including phenoxy) is 1. The number of amides is 1. The predicted octanol–water partition coefficient (Wildman–Crippen LogP) is 4.46. The summed E-state index contributed by atoms with van der Waals surface area (Å²) in [5.41, 5.74) is -0.409. The van der Waals surface area contributed by atoms with Gasteiger partial charge in [0.05, 0.1) is 17.4 Å².